The highest BCUT2D eigenvalue weighted by atomic mass is 19.1. The number of hydrogen-bond acceptors (Lipinski definition) is 8. The molecule has 1 heterocycles. The van der Waals surface area contributed by atoms with E-state index in [1.165, 1.54) is 25.3 Å². The highest BCUT2D eigenvalue weighted by Gasteiger charge is 2.05. The number of ether oxygens (including phenoxy) is 2. The lowest BCUT2D eigenvalue weighted by Crippen LogP contribution is -2.09. The van der Waals surface area contributed by atoms with Crippen molar-refractivity contribution in [2.45, 2.75) is 6.61 Å². The summed E-state index contributed by atoms with van der Waals surface area (Å²) < 4.78 is 23.2. The number of nitrogens with two attached hydrogens (primary N) is 2. The van der Waals surface area contributed by atoms with Crippen molar-refractivity contribution in [3.8, 4) is 5.75 Å². The van der Waals surface area contributed by atoms with Crippen molar-refractivity contribution in [1.29, 1.82) is 0 Å². The Bertz CT molecular complexity index is 731. The Morgan fingerprint density at radius 1 is 1.26 bits per heavy atom. The molecule has 0 saturated carbocycles. The van der Waals surface area contributed by atoms with Gasteiger partial charge in [-0.05, 0) is 23.8 Å². The number of nitrogen functional groups attached to an aromatic ring is 2. The van der Waals surface area contributed by atoms with Gasteiger partial charge < -0.3 is 20.9 Å². The summed E-state index contributed by atoms with van der Waals surface area (Å²) in [4.78, 5) is 22.7. The summed E-state index contributed by atoms with van der Waals surface area (Å²) in [5.74, 6) is -1.06. The molecule has 23 heavy (non-hydrogen) atoms. The molecule has 1 aromatic carbocycles. The molecule has 0 aliphatic heterocycles. The number of aromatic nitrogens is 3. The van der Waals surface area contributed by atoms with E-state index in [1.54, 1.807) is 6.07 Å². The third-order valence-corrected chi connectivity index (χ3v) is 2.65. The molecule has 2 rings (SSSR count). The molecule has 0 saturated heterocycles. The fourth-order valence-electron chi connectivity index (χ4n) is 1.66. The van der Waals surface area contributed by atoms with Crippen molar-refractivity contribution >= 4 is 23.9 Å². The van der Waals surface area contributed by atoms with Crippen LogP contribution in [0.15, 0.2) is 24.3 Å². The predicted molar refractivity (Wildman–Crippen MR) is 80.4 cm³/mol. The zero-order valence-electron chi connectivity index (χ0n) is 12.2. The highest BCUT2D eigenvalue weighted by Crippen LogP contribution is 2.18. The van der Waals surface area contributed by atoms with Crippen LogP contribution in [0.2, 0.25) is 0 Å². The van der Waals surface area contributed by atoms with Crippen LogP contribution in [0, 0.1) is 5.82 Å². The molecular formula is C14H14FN5O3. The molecule has 0 atom stereocenters. The molecule has 0 bridgehead atoms. The van der Waals surface area contributed by atoms with Gasteiger partial charge in [-0.15, -0.1) is 0 Å². The molecule has 8 nitrogen and oxygen atoms in total. The minimum absolute atomic E-state index is 0.0622. The van der Waals surface area contributed by atoms with Crippen molar-refractivity contribution in [2.24, 2.45) is 0 Å². The fraction of sp³-hybridized carbons (Fsp3) is 0.143. The standard InChI is InChI=1S/C14H14FN5O3/c1-22-10-4-2-8(6-9(10)15)3-5-12(21)23-7-11-18-13(16)20-14(17)19-11/h2-6H,7H2,1H3,(H4,16,17,18,19,20)/b5-3+. The van der Waals surface area contributed by atoms with Crippen molar-refractivity contribution in [1.82, 2.24) is 15.0 Å². The van der Waals surface area contributed by atoms with Gasteiger partial charge >= 0.3 is 5.97 Å². The Morgan fingerprint density at radius 2 is 1.96 bits per heavy atom. The molecular weight excluding hydrogens is 305 g/mol. The number of carbonyl (C=O) groups excluding carboxylic acids is 1. The molecule has 0 aliphatic carbocycles. The second kappa shape index (κ2) is 7.16. The number of rotatable bonds is 5. The van der Waals surface area contributed by atoms with Gasteiger partial charge in [-0.3, -0.25) is 0 Å². The van der Waals surface area contributed by atoms with Gasteiger partial charge in [0.25, 0.3) is 0 Å². The van der Waals surface area contributed by atoms with Gasteiger partial charge in [-0.25, -0.2) is 9.18 Å². The zero-order valence-corrected chi connectivity index (χ0v) is 12.2. The van der Waals surface area contributed by atoms with E-state index < -0.39 is 11.8 Å². The first-order valence-corrected chi connectivity index (χ1v) is 6.42. The zero-order chi connectivity index (χ0) is 16.8. The quantitative estimate of drug-likeness (QED) is 0.616. The molecule has 1 aromatic heterocycles. The number of hydrogen-bond donors (Lipinski definition) is 2. The van der Waals surface area contributed by atoms with E-state index in [2.05, 4.69) is 15.0 Å². The number of methoxy groups -OCH3 is 1. The normalized spacial score (nSPS) is 10.7. The summed E-state index contributed by atoms with van der Waals surface area (Å²) in [7, 11) is 1.37. The van der Waals surface area contributed by atoms with Crippen LogP contribution in [-0.4, -0.2) is 28.0 Å². The highest BCUT2D eigenvalue weighted by molar-refractivity contribution is 5.87. The van der Waals surface area contributed by atoms with Crippen LogP contribution in [0.3, 0.4) is 0 Å². The summed E-state index contributed by atoms with van der Waals surface area (Å²) in [5, 5.41) is 0. The van der Waals surface area contributed by atoms with Gasteiger partial charge in [0.1, 0.15) is 0 Å². The predicted octanol–water partition coefficient (Wildman–Crippen LogP) is 0.940. The van der Waals surface area contributed by atoms with Gasteiger partial charge in [0.15, 0.2) is 24.0 Å². The summed E-state index contributed by atoms with van der Waals surface area (Å²) in [6, 6.07) is 4.28. The lowest BCUT2D eigenvalue weighted by Gasteiger charge is -2.03. The van der Waals surface area contributed by atoms with Crippen LogP contribution < -0.4 is 16.2 Å². The van der Waals surface area contributed by atoms with Gasteiger partial charge in [0.05, 0.1) is 7.11 Å². The largest absolute Gasteiger partial charge is 0.494 e. The maximum atomic E-state index is 13.5. The summed E-state index contributed by atoms with van der Waals surface area (Å²) in [6.07, 6.45) is 2.55. The first kappa shape index (κ1) is 16.1. The smallest absolute Gasteiger partial charge is 0.331 e. The Morgan fingerprint density at radius 3 is 2.57 bits per heavy atom. The van der Waals surface area contributed by atoms with E-state index in [4.69, 9.17) is 20.9 Å². The van der Waals surface area contributed by atoms with Gasteiger partial charge in [0.2, 0.25) is 11.9 Å². The van der Waals surface area contributed by atoms with Crippen LogP contribution >= 0.6 is 0 Å². The van der Waals surface area contributed by atoms with Crippen LogP contribution in [0.1, 0.15) is 11.4 Å². The van der Waals surface area contributed by atoms with E-state index in [-0.39, 0.29) is 30.1 Å². The summed E-state index contributed by atoms with van der Waals surface area (Å²) in [5.41, 5.74) is 11.3. The number of nitrogens with zero attached hydrogens (tertiary/aromatic N) is 3. The van der Waals surface area contributed by atoms with Crippen LogP contribution in [-0.2, 0) is 16.1 Å². The average molecular weight is 319 g/mol. The van der Waals surface area contributed by atoms with Crippen LogP contribution in [0.5, 0.6) is 5.75 Å². The maximum absolute atomic E-state index is 13.5. The van der Waals surface area contributed by atoms with Gasteiger partial charge in [0, 0.05) is 6.08 Å². The summed E-state index contributed by atoms with van der Waals surface area (Å²) >= 11 is 0. The number of esters is 1. The molecule has 0 radical (unpaired) electrons. The number of anilines is 2. The first-order valence-electron chi connectivity index (χ1n) is 6.42. The minimum atomic E-state index is -0.654. The maximum Gasteiger partial charge on any atom is 0.331 e. The Balaban J connectivity index is 1.95. The van der Waals surface area contributed by atoms with Gasteiger partial charge in [-0.2, -0.15) is 15.0 Å². The molecule has 0 spiro atoms. The monoisotopic (exact) mass is 319 g/mol. The number of carbonyl (C=O) groups is 1. The van der Waals surface area contributed by atoms with Crippen molar-refractivity contribution in [3.05, 3.63) is 41.5 Å². The topological polar surface area (TPSA) is 126 Å². The molecule has 120 valence electrons. The summed E-state index contributed by atoms with van der Waals surface area (Å²) in [6.45, 7) is -0.211. The molecule has 4 N–H and O–H groups in total. The van der Waals surface area contributed by atoms with Crippen LogP contribution in [0.25, 0.3) is 6.08 Å². The number of benzene rings is 1. The molecule has 0 amide bonds. The number of halogens is 1. The van der Waals surface area contributed by atoms with Crippen molar-refractivity contribution in [3.63, 3.8) is 0 Å². The van der Waals surface area contributed by atoms with E-state index in [9.17, 15) is 9.18 Å². The van der Waals surface area contributed by atoms with Crippen molar-refractivity contribution in [2.75, 3.05) is 18.6 Å². The fourth-order valence-corrected chi connectivity index (χ4v) is 1.66. The second-order valence-corrected chi connectivity index (χ2v) is 4.30. The van der Waals surface area contributed by atoms with Gasteiger partial charge in [-0.1, -0.05) is 6.07 Å². The van der Waals surface area contributed by atoms with E-state index >= 15 is 0 Å². The molecule has 2 aromatic rings. The average Bonchev–Trinajstić information content (AvgIpc) is 2.50. The Hall–Kier alpha value is -3.23. The Labute approximate surface area is 131 Å². The van der Waals surface area contributed by atoms with Crippen molar-refractivity contribution < 1.29 is 18.7 Å². The molecule has 0 fully saturated rings. The second-order valence-electron chi connectivity index (χ2n) is 4.30. The van der Waals surface area contributed by atoms with E-state index in [1.807, 2.05) is 0 Å². The molecule has 9 heteroatoms. The molecule has 0 aliphatic rings. The third kappa shape index (κ3) is 4.63. The minimum Gasteiger partial charge on any atom is -0.494 e. The lowest BCUT2D eigenvalue weighted by molar-refractivity contribution is -0.139. The Kier molecular flexibility index (Phi) is 5.03. The lowest BCUT2D eigenvalue weighted by atomic mass is 10.2. The van der Waals surface area contributed by atoms with E-state index in [0.717, 1.165) is 6.08 Å². The third-order valence-electron chi connectivity index (χ3n) is 2.65. The first-order chi connectivity index (χ1) is 11.0. The molecule has 0 unspecified atom stereocenters. The van der Waals surface area contributed by atoms with Crippen LogP contribution in [0.4, 0.5) is 16.3 Å². The van der Waals surface area contributed by atoms with E-state index in [0.29, 0.717) is 5.56 Å². The SMILES string of the molecule is COc1ccc(/C=C/C(=O)OCc2nc(N)nc(N)n2)cc1F.